The zero-order valence-corrected chi connectivity index (χ0v) is 17.1. The SMILES string of the molecule is COCOCc1cc(COCOC)cc(O[Si](C)(C)C(C)(C)C)c1. The molecule has 0 amide bonds. The molecule has 0 unspecified atom stereocenters. The van der Waals surface area contributed by atoms with Crippen LogP contribution in [0.5, 0.6) is 5.75 Å². The molecular formula is C18H32O5Si. The fraction of sp³-hybridized carbons (Fsp3) is 0.667. The van der Waals surface area contributed by atoms with Crippen molar-refractivity contribution >= 4 is 8.32 Å². The van der Waals surface area contributed by atoms with E-state index in [2.05, 4.69) is 39.9 Å². The van der Waals surface area contributed by atoms with E-state index in [0.29, 0.717) is 13.2 Å². The Labute approximate surface area is 147 Å². The highest BCUT2D eigenvalue weighted by atomic mass is 28.4. The Balaban J connectivity index is 2.95. The van der Waals surface area contributed by atoms with Crippen LogP contribution in [0.4, 0.5) is 0 Å². The normalized spacial score (nSPS) is 12.5. The molecule has 0 aliphatic carbocycles. The predicted octanol–water partition coefficient (Wildman–Crippen LogP) is 4.31. The Kier molecular flexibility index (Phi) is 8.39. The molecule has 1 aromatic rings. The lowest BCUT2D eigenvalue weighted by atomic mass is 10.1. The zero-order chi connectivity index (χ0) is 18.2. The van der Waals surface area contributed by atoms with Gasteiger partial charge in [0, 0.05) is 14.2 Å². The van der Waals surface area contributed by atoms with Gasteiger partial charge < -0.3 is 23.4 Å². The Morgan fingerprint density at radius 1 is 0.833 bits per heavy atom. The highest BCUT2D eigenvalue weighted by Crippen LogP contribution is 2.37. The van der Waals surface area contributed by atoms with E-state index in [1.54, 1.807) is 14.2 Å². The standard InChI is InChI=1S/C18H32O5Si/c1-18(2,3)24(6,7)23-17-9-15(11-21-13-19-4)8-16(10-17)12-22-14-20-5/h8-10H,11-14H2,1-7H3. The zero-order valence-electron chi connectivity index (χ0n) is 16.1. The third kappa shape index (κ3) is 6.90. The fourth-order valence-electron chi connectivity index (χ4n) is 1.89. The third-order valence-corrected chi connectivity index (χ3v) is 8.50. The molecule has 6 heteroatoms. The quantitative estimate of drug-likeness (QED) is 0.355. The molecule has 0 saturated heterocycles. The van der Waals surface area contributed by atoms with Crippen LogP contribution in [0.15, 0.2) is 18.2 Å². The summed E-state index contributed by atoms with van der Waals surface area (Å²) in [5, 5.41) is 0.141. The lowest BCUT2D eigenvalue weighted by Gasteiger charge is -2.36. The third-order valence-electron chi connectivity index (χ3n) is 4.15. The number of hydrogen-bond acceptors (Lipinski definition) is 5. The van der Waals surface area contributed by atoms with Crippen molar-refractivity contribution in [3.05, 3.63) is 29.3 Å². The molecule has 1 aromatic carbocycles. The van der Waals surface area contributed by atoms with Crippen LogP contribution in [0.25, 0.3) is 0 Å². The van der Waals surface area contributed by atoms with E-state index in [9.17, 15) is 0 Å². The van der Waals surface area contributed by atoms with Gasteiger partial charge in [0.15, 0.2) is 0 Å². The Bertz CT molecular complexity index is 468. The van der Waals surface area contributed by atoms with Crippen molar-refractivity contribution < 1.29 is 23.4 Å². The van der Waals surface area contributed by atoms with Crippen LogP contribution in [0.1, 0.15) is 31.9 Å². The second kappa shape index (κ2) is 9.53. The lowest BCUT2D eigenvalue weighted by molar-refractivity contribution is -0.0407. The van der Waals surface area contributed by atoms with Crippen LogP contribution in [0, 0.1) is 0 Å². The van der Waals surface area contributed by atoms with E-state index in [4.69, 9.17) is 23.4 Å². The minimum absolute atomic E-state index is 0.141. The largest absolute Gasteiger partial charge is 0.543 e. The average Bonchev–Trinajstić information content (AvgIpc) is 2.46. The van der Waals surface area contributed by atoms with Gasteiger partial charge in [0.1, 0.15) is 19.3 Å². The van der Waals surface area contributed by atoms with E-state index in [1.165, 1.54) is 0 Å². The van der Waals surface area contributed by atoms with Gasteiger partial charge in [0.05, 0.1) is 13.2 Å². The van der Waals surface area contributed by atoms with Crippen molar-refractivity contribution in [2.24, 2.45) is 0 Å². The van der Waals surface area contributed by atoms with E-state index in [-0.39, 0.29) is 18.6 Å². The smallest absolute Gasteiger partial charge is 0.250 e. The van der Waals surface area contributed by atoms with Crippen LogP contribution in [0.3, 0.4) is 0 Å². The summed E-state index contributed by atoms with van der Waals surface area (Å²) in [7, 11) is 1.33. The Hall–Kier alpha value is -0.923. The first-order valence-corrected chi connectivity index (χ1v) is 11.1. The van der Waals surface area contributed by atoms with Crippen LogP contribution in [-0.2, 0) is 32.2 Å². The minimum Gasteiger partial charge on any atom is -0.543 e. The van der Waals surface area contributed by atoms with Crippen LogP contribution in [-0.4, -0.2) is 36.1 Å². The minimum atomic E-state index is -1.90. The maximum Gasteiger partial charge on any atom is 0.250 e. The molecule has 138 valence electrons. The van der Waals surface area contributed by atoms with Crippen molar-refractivity contribution in [2.45, 2.75) is 52.1 Å². The maximum absolute atomic E-state index is 6.43. The molecule has 0 saturated carbocycles. The van der Waals surface area contributed by atoms with Gasteiger partial charge in [-0.25, -0.2) is 0 Å². The van der Waals surface area contributed by atoms with E-state index < -0.39 is 8.32 Å². The van der Waals surface area contributed by atoms with E-state index in [1.807, 2.05) is 12.1 Å². The summed E-state index contributed by atoms with van der Waals surface area (Å²) in [6, 6.07) is 6.13. The Morgan fingerprint density at radius 2 is 1.29 bits per heavy atom. The van der Waals surface area contributed by atoms with Crippen LogP contribution in [0.2, 0.25) is 18.1 Å². The van der Waals surface area contributed by atoms with Gasteiger partial charge >= 0.3 is 0 Å². The van der Waals surface area contributed by atoms with Gasteiger partial charge in [-0.1, -0.05) is 26.8 Å². The number of rotatable bonds is 10. The van der Waals surface area contributed by atoms with E-state index >= 15 is 0 Å². The van der Waals surface area contributed by atoms with E-state index in [0.717, 1.165) is 16.9 Å². The molecule has 0 atom stereocenters. The fourth-order valence-corrected chi connectivity index (χ4v) is 2.90. The number of hydrogen-bond donors (Lipinski definition) is 0. The van der Waals surface area contributed by atoms with Gasteiger partial charge in [-0.2, -0.15) is 0 Å². The number of ether oxygens (including phenoxy) is 4. The van der Waals surface area contributed by atoms with Crippen molar-refractivity contribution in [3.63, 3.8) is 0 Å². The summed E-state index contributed by atoms with van der Waals surface area (Å²) in [4.78, 5) is 0. The Morgan fingerprint density at radius 3 is 1.67 bits per heavy atom. The molecule has 0 aromatic heterocycles. The van der Waals surface area contributed by atoms with Gasteiger partial charge in [-0.15, -0.1) is 0 Å². The summed E-state index contributed by atoms with van der Waals surface area (Å²) in [6.07, 6.45) is 0. The molecule has 5 nitrogen and oxygen atoms in total. The molecule has 0 bridgehead atoms. The summed E-state index contributed by atoms with van der Waals surface area (Å²) in [5.74, 6) is 0.871. The predicted molar refractivity (Wildman–Crippen MR) is 97.6 cm³/mol. The van der Waals surface area contributed by atoms with Gasteiger partial charge in [0.25, 0.3) is 0 Å². The summed E-state index contributed by atoms with van der Waals surface area (Å²) in [5.41, 5.74) is 2.08. The molecule has 0 spiro atoms. The number of benzene rings is 1. The van der Waals surface area contributed by atoms with Crippen molar-refractivity contribution in [1.29, 1.82) is 0 Å². The number of methoxy groups -OCH3 is 2. The highest BCUT2D eigenvalue weighted by molar-refractivity contribution is 6.74. The maximum atomic E-state index is 6.43. The first-order chi connectivity index (χ1) is 11.2. The van der Waals surface area contributed by atoms with Gasteiger partial charge in [-0.05, 0) is 41.4 Å². The van der Waals surface area contributed by atoms with Crippen molar-refractivity contribution in [2.75, 3.05) is 27.8 Å². The monoisotopic (exact) mass is 356 g/mol. The summed E-state index contributed by atoms with van der Waals surface area (Å²) >= 11 is 0. The second-order valence-electron chi connectivity index (χ2n) is 7.36. The highest BCUT2D eigenvalue weighted by Gasteiger charge is 2.39. The van der Waals surface area contributed by atoms with Crippen molar-refractivity contribution in [3.8, 4) is 5.75 Å². The van der Waals surface area contributed by atoms with Gasteiger partial charge in [-0.3, -0.25) is 0 Å². The summed E-state index contributed by atoms with van der Waals surface area (Å²) < 4.78 is 27.2. The molecule has 0 fully saturated rings. The first-order valence-electron chi connectivity index (χ1n) is 8.15. The molecular weight excluding hydrogens is 324 g/mol. The molecule has 1 rings (SSSR count). The second-order valence-corrected chi connectivity index (χ2v) is 12.1. The van der Waals surface area contributed by atoms with Crippen LogP contribution < -0.4 is 4.43 Å². The molecule has 0 aliphatic rings. The van der Waals surface area contributed by atoms with Crippen molar-refractivity contribution in [1.82, 2.24) is 0 Å². The van der Waals surface area contributed by atoms with Gasteiger partial charge in [0.2, 0.25) is 8.32 Å². The first kappa shape index (κ1) is 21.1. The van der Waals surface area contributed by atoms with Crippen LogP contribution >= 0.6 is 0 Å². The molecule has 0 aliphatic heterocycles. The molecule has 0 N–H and O–H groups in total. The molecule has 0 radical (unpaired) electrons. The average molecular weight is 357 g/mol. The summed E-state index contributed by atoms with van der Waals surface area (Å²) in [6.45, 7) is 12.6. The lowest BCUT2D eigenvalue weighted by Crippen LogP contribution is -2.43. The molecule has 24 heavy (non-hydrogen) atoms. The molecule has 0 heterocycles. The topological polar surface area (TPSA) is 46.2 Å².